The molecular weight excluding hydrogens is 318 g/mol. The normalized spacial score (nSPS) is 21.9. The third-order valence-corrected chi connectivity index (χ3v) is 4.62. The summed E-state index contributed by atoms with van der Waals surface area (Å²) in [4.78, 5) is 26.5. The van der Waals surface area contributed by atoms with E-state index < -0.39 is 17.7 Å². The summed E-state index contributed by atoms with van der Waals surface area (Å²) in [6, 6.07) is 7.03. The first kappa shape index (κ1) is 17.7. The molecule has 0 spiro atoms. The van der Waals surface area contributed by atoms with Crippen LogP contribution in [0.25, 0.3) is 0 Å². The Morgan fingerprint density at radius 1 is 1.35 bits per heavy atom. The van der Waals surface area contributed by atoms with Gasteiger partial charge in [-0.25, -0.2) is 0 Å². The van der Waals surface area contributed by atoms with Crippen LogP contribution in [-0.4, -0.2) is 40.1 Å². The number of nitrogens with zero attached hydrogens (tertiary/aromatic N) is 1. The van der Waals surface area contributed by atoms with Gasteiger partial charge in [-0.05, 0) is 31.4 Å². The van der Waals surface area contributed by atoms with Gasteiger partial charge in [-0.15, -0.1) is 0 Å². The van der Waals surface area contributed by atoms with Crippen molar-refractivity contribution in [2.75, 3.05) is 7.05 Å². The maximum absolute atomic E-state index is 12.8. The van der Waals surface area contributed by atoms with E-state index in [1.807, 2.05) is 0 Å². The summed E-state index contributed by atoms with van der Waals surface area (Å²) in [6.45, 7) is 0. The second-order valence-electron chi connectivity index (χ2n) is 5.64. The number of halogens is 1. The van der Waals surface area contributed by atoms with Gasteiger partial charge in [0.2, 0.25) is 5.91 Å². The molecule has 2 N–H and O–H groups in total. The summed E-state index contributed by atoms with van der Waals surface area (Å²) in [7, 11) is 1.54. The van der Waals surface area contributed by atoms with E-state index in [2.05, 4.69) is 0 Å². The molecule has 1 aromatic rings. The maximum Gasteiger partial charge on any atom is 0.247 e. The highest BCUT2D eigenvalue weighted by Crippen LogP contribution is 2.42. The van der Waals surface area contributed by atoms with Crippen LogP contribution in [0.5, 0.6) is 0 Å². The molecule has 0 heterocycles. The summed E-state index contributed by atoms with van der Waals surface area (Å²) >= 11 is 6.30. The molecule has 0 aliphatic heterocycles. The molecule has 6 heteroatoms. The van der Waals surface area contributed by atoms with Crippen molar-refractivity contribution in [3.8, 4) is 0 Å². The van der Waals surface area contributed by atoms with Crippen LogP contribution in [0.3, 0.4) is 0 Å². The van der Waals surface area contributed by atoms with E-state index in [1.54, 1.807) is 31.3 Å². The molecule has 1 fully saturated rings. The second kappa shape index (κ2) is 7.25. The molecule has 1 saturated carbocycles. The maximum atomic E-state index is 12.8. The highest BCUT2D eigenvalue weighted by atomic mass is 35.5. The van der Waals surface area contributed by atoms with E-state index in [4.69, 9.17) is 21.8 Å². The van der Waals surface area contributed by atoms with Gasteiger partial charge in [0, 0.05) is 30.1 Å². The van der Waals surface area contributed by atoms with Crippen molar-refractivity contribution in [3.05, 3.63) is 47.0 Å². The third-order valence-electron chi connectivity index (χ3n) is 4.29. The number of amides is 1. The van der Waals surface area contributed by atoms with Crippen LogP contribution in [0, 0.1) is 0 Å². The molecule has 0 unspecified atom stereocenters. The van der Waals surface area contributed by atoms with Crippen LogP contribution < -0.4 is 0 Å². The molecule has 1 aliphatic rings. The van der Waals surface area contributed by atoms with Crippen LogP contribution in [0.2, 0.25) is 5.02 Å². The second-order valence-corrected chi connectivity index (χ2v) is 6.05. The first-order valence-electron chi connectivity index (χ1n) is 7.50. The molecule has 0 aromatic heterocycles. The molecule has 5 nitrogen and oxygen atoms in total. The van der Waals surface area contributed by atoms with Gasteiger partial charge in [0.25, 0.3) is 0 Å². The highest BCUT2D eigenvalue weighted by molar-refractivity contribution is 6.31. The summed E-state index contributed by atoms with van der Waals surface area (Å²) in [6.07, 6.45) is 2.78. The Labute approximate surface area is 140 Å². The van der Waals surface area contributed by atoms with Gasteiger partial charge in [0.05, 0.1) is 0 Å². The number of hydrogen-bond donors (Lipinski definition) is 2. The first-order chi connectivity index (χ1) is 10.9. The van der Waals surface area contributed by atoms with Gasteiger partial charge in [0.1, 0.15) is 5.54 Å². The molecule has 23 heavy (non-hydrogen) atoms. The SMILES string of the molecule is CN(C(=O)/C=C\C(O)O)[C@]1(c2ccccc2Cl)CCCCC1=O. The lowest BCUT2D eigenvalue weighted by Crippen LogP contribution is -2.54. The quantitative estimate of drug-likeness (QED) is 0.650. The number of aliphatic hydroxyl groups is 2. The number of Topliss-reactive ketones (excluding diaryl/α,β-unsaturated/α-hetero) is 1. The van der Waals surface area contributed by atoms with Crippen LogP contribution in [0.15, 0.2) is 36.4 Å². The van der Waals surface area contributed by atoms with E-state index in [-0.39, 0.29) is 5.78 Å². The van der Waals surface area contributed by atoms with Crippen molar-refractivity contribution in [3.63, 3.8) is 0 Å². The van der Waals surface area contributed by atoms with Crippen molar-refractivity contribution in [2.24, 2.45) is 0 Å². The van der Waals surface area contributed by atoms with Crippen LogP contribution >= 0.6 is 11.6 Å². The average Bonchev–Trinajstić information content (AvgIpc) is 2.53. The minimum Gasteiger partial charge on any atom is -0.365 e. The number of benzene rings is 1. The first-order valence-corrected chi connectivity index (χ1v) is 7.88. The highest BCUT2D eigenvalue weighted by Gasteiger charge is 2.47. The van der Waals surface area contributed by atoms with Crippen LogP contribution in [0.4, 0.5) is 0 Å². The predicted octanol–water partition coefficient (Wildman–Crippen LogP) is 2.00. The summed E-state index contributed by atoms with van der Waals surface area (Å²) in [5.41, 5.74) is -0.501. The average molecular weight is 338 g/mol. The predicted molar refractivity (Wildman–Crippen MR) is 86.7 cm³/mol. The van der Waals surface area contributed by atoms with Crippen molar-refractivity contribution < 1.29 is 19.8 Å². The monoisotopic (exact) mass is 337 g/mol. The van der Waals surface area contributed by atoms with E-state index in [1.165, 1.54) is 4.90 Å². The fourth-order valence-electron chi connectivity index (χ4n) is 3.10. The molecule has 1 aromatic carbocycles. The smallest absolute Gasteiger partial charge is 0.247 e. The Hall–Kier alpha value is -1.69. The molecule has 0 bridgehead atoms. The van der Waals surface area contributed by atoms with E-state index in [0.717, 1.165) is 25.0 Å². The van der Waals surface area contributed by atoms with E-state index in [9.17, 15) is 9.59 Å². The fraction of sp³-hybridized carbons (Fsp3) is 0.412. The molecule has 1 atom stereocenters. The molecule has 0 saturated heterocycles. The Morgan fingerprint density at radius 2 is 2.04 bits per heavy atom. The summed E-state index contributed by atoms with van der Waals surface area (Å²) < 4.78 is 0. The van der Waals surface area contributed by atoms with Gasteiger partial charge >= 0.3 is 0 Å². The van der Waals surface area contributed by atoms with Crippen molar-refractivity contribution in [1.29, 1.82) is 0 Å². The number of carbonyl (C=O) groups excluding carboxylic acids is 2. The van der Waals surface area contributed by atoms with Crippen molar-refractivity contribution in [2.45, 2.75) is 37.5 Å². The number of aliphatic hydroxyl groups excluding tert-OH is 1. The van der Waals surface area contributed by atoms with Gasteiger partial charge in [-0.2, -0.15) is 0 Å². The zero-order valence-corrected chi connectivity index (χ0v) is 13.7. The summed E-state index contributed by atoms with van der Waals surface area (Å²) in [5, 5.41) is 18.2. The van der Waals surface area contributed by atoms with Gasteiger partial charge in [-0.3, -0.25) is 9.59 Å². The lowest BCUT2D eigenvalue weighted by Gasteiger charge is -2.43. The summed E-state index contributed by atoms with van der Waals surface area (Å²) in [5.74, 6) is -0.529. The Kier molecular flexibility index (Phi) is 5.57. The van der Waals surface area contributed by atoms with Gasteiger partial charge < -0.3 is 15.1 Å². The number of carbonyl (C=O) groups is 2. The molecule has 1 aliphatic carbocycles. The van der Waals surface area contributed by atoms with Gasteiger partial charge in [-0.1, -0.05) is 29.8 Å². The zero-order valence-electron chi connectivity index (χ0n) is 12.9. The number of hydrogen-bond acceptors (Lipinski definition) is 4. The van der Waals surface area contributed by atoms with Crippen molar-refractivity contribution >= 4 is 23.3 Å². The lowest BCUT2D eigenvalue weighted by atomic mass is 9.74. The molecule has 124 valence electrons. The number of rotatable bonds is 4. The Morgan fingerprint density at radius 3 is 2.65 bits per heavy atom. The molecular formula is C17H20ClNO4. The Balaban J connectivity index is 2.49. The van der Waals surface area contributed by atoms with Gasteiger partial charge in [0.15, 0.2) is 12.1 Å². The van der Waals surface area contributed by atoms with Crippen LogP contribution in [0.1, 0.15) is 31.2 Å². The largest absolute Gasteiger partial charge is 0.365 e. The fourth-order valence-corrected chi connectivity index (χ4v) is 3.39. The van der Waals surface area contributed by atoms with Crippen molar-refractivity contribution in [1.82, 2.24) is 4.90 Å². The number of likely N-dealkylation sites (N-methyl/N-ethyl adjacent to an activating group) is 1. The van der Waals surface area contributed by atoms with E-state index in [0.29, 0.717) is 23.4 Å². The number of ketones is 1. The molecule has 1 amide bonds. The van der Waals surface area contributed by atoms with Crippen LogP contribution in [-0.2, 0) is 15.1 Å². The molecule has 0 radical (unpaired) electrons. The molecule has 2 rings (SSSR count). The van der Waals surface area contributed by atoms with E-state index >= 15 is 0 Å². The standard InChI is InChI=1S/C17H20ClNO4/c1-19(15(21)9-10-16(22)23)17(11-5-4-8-14(17)20)12-6-2-3-7-13(12)18/h2-3,6-7,9-10,16,22-23H,4-5,8,11H2,1H3/b10-9-/t17-/m0/s1. The Bertz CT molecular complexity index is 629. The lowest BCUT2D eigenvalue weighted by molar-refractivity contribution is -0.145. The zero-order chi connectivity index (χ0) is 17.0. The third kappa shape index (κ3) is 3.47. The minimum absolute atomic E-state index is 0.0503. The topological polar surface area (TPSA) is 77.8 Å². The minimum atomic E-state index is -1.72.